The number of nitrogens with one attached hydrogen (secondary N) is 1. The van der Waals surface area contributed by atoms with E-state index in [4.69, 9.17) is 4.52 Å². The van der Waals surface area contributed by atoms with Crippen LogP contribution in [0, 0.1) is 0 Å². The summed E-state index contributed by atoms with van der Waals surface area (Å²) in [5.41, 5.74) is -1.76. The van der Waals surface area contributed by atoms with Crippen molar-refractivity contribution >= 4 is 27.3 Å². The molecule has 2 N–H and O–H groups in total. The second-order valence-electron chi connectivity index (χ2n) is 9.53. The molecule has 1 fully saturated rings. The Morgan fingerprint density at radius 2 is 1.85 bits per heavy atom. The molecule has 1 aliphatic heterocycles. The fourth-order valence-electron chi connectivity index (χ4n) is 3.75. The Balaban J connectivity index is 1.84. The molecule has 1 aliphatic rings. The van der Waals surface area contributed by atoms with E-state index in [1.165, 1.54) is 36.9 Å². The summed E-state index contributed by atoms with van der Waals surface area (Å²) >= 11 is 0.823. The number of piperidine rings is 1. The molecule has 0 spiro atoms. The lowest BCUT2D eigenvalue weighted by Gasteiger charge is -2.28. The van der Waals surface area contributed by atoms with Crippen LogP contribution in [0.25, 0.3) is 21.3 Å². The van der Waals surface area contributed by atoms with Gasteiger partial charge < -0.3 is 14.5 Å². The van der Waals surface area contributed by atoms with Crippen molar-refractivity contribution in [2.75, 3.05) is 13.1 Å². The summed E-state index contributed by atoms with van der Waals surface area (Å²) in [6, 6.07) is 2.87. The van der Waals surface area contributed by atoms with Crippen molar-refractivity contribution in [3.63, 3.8) is 0 Å². The highest BCUT2D eigenvalue weighted by Crippen LogP contribution is 2.39. The fraction of sp³-hybridized carbons (Fsp3) is 0.478. The van der Waals surface area contributed by atoms with Crippen molar-refractivity contribution in [1.82, 2.24) is 24.7 Å². The van der Waals surface area contributed by atoms with E-state index in [0.29, 0.717) is 6.92 Å². The predicted molar refractivity (Wildman–Crippen MR) is 132 cm³/mol. The van der Waals surface area contributed by atoms with Gasteiger partial charge in [-0.05, 0) is 39.7 Å². The van der Waals surface area contributed by atoms with Crippen LogP contribution in [0.15, 0.2) is 33.7 Å². The molecule has 39 heavy (non-hydrogen) atoms. The first-order chi connectivity index (χ1) is 18.1. The third-order valence-corrected chi connectivity index (χ3v) is 8.61. The quantitative estimate of drug-likeness (QED) is 0.395. The van der Waals surface area contributed by atoms with Gasteiger partial charge in [-0.1, -0.05) is 23.4 Å². The smallest absolute Gasteiger partial charge is 0.381 e. The van der Waals surface area contributed by atoms with E-state index < -0.39 is 44.8 Å². The first-order valence-electron chi connectivity index (χ1n) is 11.8. The van der Waals surface area contributed by atoms with Gasteiger partial charge in [-0.15, -0.1) is 11.3 Å². The first kappa shape index (κ1) is 29.0. The molecule has 16 heteroatoms. The van der Waals surface area contributed by atoms with Crippen LogP contribution in [0.1, 0.15) is 50.0 Å². The molecule has 10 nitrogen and oxygen atoms in total. The first-order valence-corrected chi connectivity index (χ1v) is 14.1. The third-order valence-electron chi connectivity index (χ3n) is 5.93. The molecule has 0 aliphatic carbocycles. The van der Waals surface area contributed by atoms with Gasteiger partial charge in [0.2, 0.25) is 15.8 Å². The molecular formula is C23H25F4N5O5S2. The van der Waals surface area contributed by atoms with Crippen molar-refractivity contribution in [2.45, 2.75) is 62.5 Å². The summed E-state index contributed by atoms with van der Waals surface area (Å²) in [5, 5.41) is 14.0. The number of carbonyl (C=O) groups excluding carboxylic acids is 1. The van der Waals surface area contributed by atoms with Gasteiger partial charge in [0.05, 0.1) is 9.77 Å². The Bertz CT molecular complexity index is 1460. The Morgan fingerprint density at radius 1 is 1.21 bits per heavy atom. The maximum atomic E-state index is 13.7. The normalized spacial score (nSPS) is 16.5. The van der Waals surface area contributed by atoms with E-state index in [-0.39, 0.29) is 58.8 Å². The molecule has 3 heterocycles. The van der Waals surface area contributed by atoms with Crippen molar-refractivity contribution in [2.24, 2.45) is 0 Å². The molecule has 1 amide bonds. The maximum Gasteiger partial charge on any atom is 0.404 e. The summed E-state index contributed by atoms with van der Waals surface area (Å²) in [6.07, 6.45) is -5.67. The summed E-state index contributed by atoms with van der Waals surface area (Å²) < 4.78 is 86.0. The van der Waals surface area contributed by atoms with E-state index in [9.17, 15) is 35.9 Å². The zero-order chi connectivity index (χ0) is 28.8. The number of alkyl halides is 4. The second kappa shape index (κ2) is 10.6. The molecule has 0 radical (unpaired) electrons. The van der Waals surface area contributed by atoms with E-state index in [0.717, 1.165) is 17.4 Å². The molecule has 4 rings (SSSR count). The number of halogens is 4. The number of aliphatic hydroxyl groups is 1. The minimum Gasteiger partial charge on any atom is -0.381 e. The zero-order valence-electron chi connectivity index (χ0n) is 21.0. The molecule has 0 saturated carbocycles. The minimum atomic E-state index is -4.83. The van der Waals surface area contributed by atoms with Crippen LogP contribution in [-0.4, -0.2) is 70.9 Å². The number of thiazole rings is 1. The standard InChI is InChI=1S/C23H25F4N5O5S2/c1-12(23(25,26)27)31-39(35,36)15-7-5-4-6-14(15)17-16(20(33)32-10-8-13(24)9-11-32)28-19(38-17)18-29-21(37-30-18)22(2,3)34/h4-7,12-13,31,34H,8-11H2,1-3H3. The van der Waals surface area contributed by atoms with Gasteiger partial charge in [-0.25, -0.2) is 17.8 Å². The van der Waals surface area contributed by atoms with Crippen LogP contribution in [0.2, 0.25) is 0 Å². The van der Waals surface area contributed by atoms with E-state index in [1.54, 1.807) is 4.72 Å². The number of benzene rings is 1. The van der Waals surface area contributed by atoms with Crippen LogP contribution in [0.3, 0.4) is 0 Å². The van der Waals surface area contributed by atoms with Crippen molar-refractivity contribution in [3.05, 3.63) is 35.9 Å². The van der Waals surface area contributed by atoms with Gasteiger partial charge in [0, 0.05) is 18.7 Å². The highest BCUT2D eigenvalue weighted by Gasteiger charge is 2.40. The SMILES string of the molecule is CC(NS(=O)(=O)c1ccccc1-c1sc(-c2noc(C(C)(C)O)n2)nc1C(=O)N1CCC(F)CC1)C(F)(F)F. The lowest BCUT2D eigenvalue weighted by atomic mass is 10.1. The number of carbonyl (C=O) groups is 1. The van der Waals surface area contributed by atoms with Crippen LogP contribution in [-0.2, 0) is 15.6 Å². The second-order valence-corrected chi connectivity index (χ2v) is 12.2. The van der Waals surface area contributed by atoms with E-state index >= 15 is 0 Å². The minimum absolute atomic E-state index is 0.0348. The summed E-state index contributed by atoms with van der Waals surface area (Å²) in [4.78, 5) is 22.9. The van der Waals surface area contributed by atoms with Crippen molar-refractivity contribution in [3.8, 4) is 21.3 Å². The van der Waals surface area contributed by atoms with Crippen molar-refractivity contribution < 1.29 is 40.4 Å². The topological polar surface area (TPSA) is 139 Å². The summed E-state index contributed by atoms with van der Waals surface area (Å²) in [6.45, 7) is 3.70. The Labute approximate surface area is 225 Å². The molecule has 1 unspecified atom stereocenters. The monoisotopic (exact) mass is 591 g/mol. The highest BCUT2D eigenvalue weighted by atomic mass is 32.2. The summed E-state index contributed by atoms with van der Waals surface area (Å²) in [7, 11) is -4.72. The average molecular weight is 592 g/mol. The zero-order valence-corrected chi connectivity index (χ0v) is 22.6. The molecule has 1 saturated heterocycles. The lowest BCUT2D eigenvalue weighted by molar-refractivity contribution is -0.147. The van der Waals surface area contributed by atoms with Gasteiger partial charge in [0.15, 0.2) is 5.01 Å². The van der Waals surface area contributed by atoms with Gasteiger partial charge >= 0.3 is 6.18 Å². The number of aromatic nitrogens is 3. The van der Waals surface area contributed by atoms with Gasteiger partial charge in [0.1, 0.15) is 23.5 Å². The number of sulfonamides is 1. The number of hydrogen-bond acceptors (Lipinski definition) is 9. The largest absolute Gasteiger partial charge is 0.404 e. The van der Waals surface area contributed by atoms with Crippen molar-refractivity contribution in [1.29, 1.82) is 0 Å². The molecule has 3 aromatic rings. The van der Waals surface area contributed by atoms with Gasteiger partial charge in [0.25, 0.3) is 11.8 Å². The number of rotatable bonds is 7. The van der Waals surface area contributed by atoms with E-state index in [1.807, 2.05) is 0 Å². The maximum absolute atomic E-state index is 13.7. The van der Waals surface area contributed by atoms with Crippen LogP contribution in [0.4, 0.5) is 17.6 Å². The number of hydrogen-bond donors (Lipinski definition) is 2. The third kappa shape index (κ3) is 6.28. The Morgan fingerprint density at radius 3 is 2.44 bits per heavy atom. The van der Waals surface area contributed by atoms with Crippen LogP contribution < -0.4 is 4.72 Å². The van der Waals surface area contributed by atoms with Gasteiger partial charge in [-0.3, -0.25) is 4.79 Å². The molecular weight excluding hydrogens is 566 g/mol. The highest BCUT2D eigenvalue weighted by molar-refractivity contribution is 7.89. The lowest BCUT2D eigenvalue weighted by Crippen LogP contribution is -2.43. The van der Waals surface area contributed by atoms with Crippen LogP contribution >= 0.6 is 11.3 Å². The predicted octanol–water partition coefficient (Wildman–Crippen LogP) is 3.89. The molecule has 1 aromatic carbocycles. The van der Waals surface area contributed by atoms with Gasteiger partial charge in [-0.2, -0.15) is 22.9 Å². The molecule has 1 atom stereocenters. The number of amides is 1. The Hall–Kier alpha value is -2.95. The number of nitrogens with zero attached hydrogens (tertiary/aromatic N) is 4. The molecule has 2 aromatic heterocycles. The average Bonchev–Trinajstić information content (AvgIpc) is 3.51. The summed E-state index contributed by atoms with van der Waals surface area (Å²) in [5.74, 6) is -0.848. The fourth-order valence-corrected chi connectivity index (χ4v) is 6.28. The number of likely N-dealkylation sites (tertiary alicyclic amines) is 1. The Kier molecular flexibility index (Phi) is 7.86. The molecule has 212 valence electrons. The van der Waals surface area contributed by atoms with E-state index in [2.05, 4.69) is 15.1 Å². The molecule has 0 bridgehead atoms. The van der Waals surface area contributed by atoms with Crippen LogP contribution in [0.5, 0.6) is 0 Å².